The smallest absolute Gasteiger partial charge is 0.406 e. The number of nitrogens with zero attached hydrogens (tertiary/aromatic N) is 1. The van der Waals surface area contributed by atoms with Crippen LogP contribution >= 0.6 is 47.8 Å². The molecule has 0 radical (unpaired) electrons. The number of hydrogen-bond donors (Lipinski definition) is 1. The molecular formula is C16H18Cl3F3N2OS. The predicted molar refractivity (Wildman–Crippen MR) is 103 cm³/mol. The molecule has 0 spiro atoms. The summed E-state index contributed by atoms with van der Waals surface area (Å²) in [4.78, 5) is 3.38. The number of ether oxygens (including phenoxy) is 1. The molecule has 146 valence electrons. The summed E-state index contributed by atoms with van der Waals surface area (Å²) in [7, 11) is 0. The zero-order valence-corrected chi connectivity index (χ0v) is 16.7. The highest BCUT2D eigenvalue weighted by molar-refractivity contribution is 7.16. The summed E-state index contributed by atoms with van der Waals surface area (Å²) in [6.45, 7) is 3.48. The molecule has 3 nitrogen and oxygen atoms in total. The van der Waals surface area contributed by atoms with Crippen LogP contribution in [0.4, 0.5) is 13.2 Å². The third-order valence-corrected chi connectivity index (χ3v) is 5.09. The maximum absolute atomic E-state index is 12.3. The van der Waals surface area contributed by atoms with Crippen molar-refractivity contribution in [3.8, 4) is 5.75 Å². The second-order valence-electron chi connectivity index (χ2n) is 5.45. The first-order valence-electron chi connectivity index (χ1n) is 7.48. The van der Waals surface area contributed by atoms with Crippen LogP contribution in [0.15, 0.2) is 36.4 Å². The van der Waals surface area contributed by atoms with E-state index in [1.54, 1.807) is 12.1 Å². The summed E-state index contributed by atoms with van der Waals surface area (Å²) in [5.41, 5.74) is 0.921. The third kappa shape index (κ3) is 6.18. The van der Waals surface area contributed by atoms with E-state index >= 15 is 0 Å². The molecule has 0 unspecified atom stereocenters. The third-order valence-electron chi connectivity index (χ3n) is 3.81. The second kappa shape index (κ2) is 10.0. The number of rotatable bonds is 4. The fourth-order valence-corrected chi connectivity index (χ4v) is 4.05. The van der Waals surface area contributed by atoms with E-state index in [1.165, 1.54) is 23.5 Å². The maximum Gasteiger partial charge on any atom is 0.573 e. The summed E-state index contributed by atoms with van der Waals surface area (Å²) < 4.78 is 41.6. The Labute approximate surface area is 171 Å². The van der Waals surface area contributed by atoms with E-state index < -0.39 is 6.36 Å². The van der Waals surface area contributed by atoms with Gasteiger partial charge >= 0.3 is 6.36 Å². The molecule has 1 saturated heterocycles. The van der Waals surface area contributed by atoms with Crippen LogP contribution < -0.4 is 10.1 Å². The highest BCUT2D eigenvalue weighted by Gasteiger charge is 2.31. The molecule has 2 heterocycles. The molecule has 10 heteroatoms. The number of nitrogens with one attached hydrogen (secondary N) is 1. The molecule has 1 N–H and O–H groups in total. The van der Waals surface area contributed by atoms with E-state index in [2.05, 4.69) is 15.0 Å². The molecule has 0 saturated carbocycles. The van der Waals surface area contributed by atoms with E-state index in [0.29, 0.717) is 4.34 Å². The molecule has 1 aliphatic rings. The lowest BCUT2D eigenvalue weighted by Gasteiger charge is -2.34. The van der Waals surface area contributed by atoms with Crippen molar-refractivity contribution < 1.29 is 17.9 Å². The summed E-state index contributed by atoms with van der Waals surface area (Å²) in [5.74, 6) is -0.213. The Bertz CT molecular complexity index is 676. The highest BCUT2D eigenvalue weighted by Crippen LogP contribution is 2.36. The van der Waals surface area contributed by atoms with E-state index in [-0.39, 0.29) is 36.6 Å². The summed E-state index contributed by atoms with van der Waals surface area (Å²) in [6.07, 6.45) is -4.68. The lowest BCUT2D eigenvalue weighted by molar-refractivity contribution is -0.274. The van der Waals surface area contributed by atoms with Crippen molar-refractivity contribution in [2.75, 3.05) is 26.2 Å². The minimum Gasteiger partial charge on any atom is -0.406 e. The molecule has 0 aliphatic carbocycles. The molecule has 1 aliphatic heterocycles. The first-order valence-corrected chi connectivity index (χ1v) is 8.67. The van der Waals surface area contributed by atoms with Gasteiger partial charge in [0.15, 0.2) is 0 Å². The molecule has 1 aromatic carbocycles. The summed E-state index contributed by atoms with van der Waals surface area (Å²) in [6, 6.07) is 9.87. The molecule has 0 bridgehead atoms. The quantitative estimate of drug-likeness (QED) is 0.699. The number of benzene rings is 1. The fraction of sp³-hybridized carbons (Fsp3) is 0.375. The van der Waals surface area contributed by atoms with Crippen LogP contribution in [0.5, 0.6) is 5.75 Å². The Morgan fingerprint density at radius 3 is 2.15 bits per heavy atom. The van der Waals surface area contributed by atoms with Crippen molar-refractivity contribution in [3.05, 3.63) is 51.2 Å². The summed E-state index contributed by atoms with van der Waals surface area (Å²) >= 11 is 7.56. The Balaban J connectivity index is 0.00000169. The van der Waals surface area contributed by atoms with Crippen molar-refractivity contribution in [2.24, 2.45) is 0 Å². The number of alkyl halides is 3. The Kier molecular flexibility index (Phi) is 8.99. The van der Waals surface area contributed by atoms with Gasteiger partial charge in [-0.05, 0) is 29.8 Å². The Morgan fingerprint density at radius 1 is 1.04 bits per heavy atom. The van der Waals surface area contributed by atoms with Crippen LogP contribution in [-0.2, 0) is 0 Å². The van der Waals surface area contributed by atoms with Gasteiger partial charge in [-0.25, -0.2) is 0 Å². The van der Waals surface area contributed by atoms with Crippen LogP contribution in [-0.4, -0.2) is 37.4 Å². The van der Waals surface area contributed by atoms with E-state index in [4.69, 9.17) is 11.6 Å². The van der Waals surface area contributed by atoms with Crippen LogP contribution in [0.25, 0.3) is 0 Å². The Hall–Kier alpha value is -0.700. The zero-order chi connectivity index (χ0) is 17.2. The monoisotopic (exact) mass is 448 g/mol. The van der Waals surface area contributed by atoms with E-state index in [0.717, 1.165) is 36.6 Å². The van der Waals surface area contributed by atoms with Crippen LogP contribution in [0.2, 0.25) is 4.34 Å². The van der Waals surface area contributed by atoms with Crippen molar-refractivity contribution in [3.63, 3.8) is 0 Å². The minimum atomic E-state index is -4.68. The molecule has 1 atom stereocenters. The predicted octanol–water partition coefficient (Wildman–Crippen LogP) is 5.14. The molecule has 26 heavy (non-hydrogen) atoms. The van der Waals surface area contributed by atoms with E-state index in [1.807, 2.05) is 12.1 Å². The molecule has 3 rings (SSSR count). The summed E-state index contributed by atoms with van der Waals surface area (Å²) in [5, 5.41) is 3.30. The normalized spacial score (nSPS) is 16.3. The standard InChI is InChI=1S/C16H16ClF3N2OS.2ClH/c17-14-6-5-13(24-14)15(22-9-7-21-8-10-22)11-1-3-12(4-2-11)23-16(18,19)20;;/h1-6,15,21H,7-10H2;2*1H/t15-;;/m0../s1. The highest BCUT2D eigenvalue weighted by atomic mass is 35.5. The van der Waals surface area contributed by atoms with Crippen molar-refractivity contribution in [1.29, 1.82) is 0 Å². The van der Waals surface area contributed by atoms with Crippen molar-refractivity contribution in [1.82, 2.24) is 10.2 Å². The average molecular weight is 450 g/mol. The number of halogens is 6. The van der Waals surface area contributed by atoms with Gasteiger partial charge in [0.2, 0.25) is 0 Å². The van der Waals surface area contributed by atoms with Crippen LogP contribution in [0.1, 0.15) is 16.5 Å². The SMILES string of the molecule is Cl.Cl.FC(F)(F)Oc1ccc([C@@H](c2ccc(Cl)s2)N2CCNCC2)cc1. The molecule has 1 aromatic heterocycles. The first kappa shape index (κ1) is 23.3. The van der Waals surface area contributed by atoms with E-state index in [9.17, 15) is 13.2 Å². The number of thiophene rings is 1. The minimum absolute atomic E-state index is 0. The lowest BCUT2D eigenvalue weighted by atomic mass is 10.0. The van der Waals surface area contributed by atoms with Crippen molar-refractivity contribution in [2.45, 2.75) is 12.4 Å². The molecule has 0 amide bonds. The number of hydrogen-bond acceptors (Lipinski definition) is 4. The van der Waals surface area contributed by atoms with Gasteiger partial charge in [0.05, 0.1) is 10.4 Å². The van der Waals surface area contributed by atoms with Gasteiger partial charge in [0.1, 0.15) is 5.75 Å². The van der Waals surface area contributed by atoms with Gasteiger partial charge in [-0.3, -0.25) is 4.90 Å². The zero-order valence-electron chi connectivity index (χ0n) is 13.5. The average Bonchev–Trinajstić information content (AvgIpc) is 2.95. The maximum atomic E-state index is 12.3. The Morgan fingerprint density at radius 2 is 1.65 bits per heavy atom. The van der Waals surface area contributed by atoms with Gasteiger partial charge < -0.3 is 10.1 Å². The topological polar surface area (TPSA) is 24.5 Å². The fourth-order valence-electron chi connectivity index (χ4n) is 2.82. The van der Waals surface area contributed by atoms with Crippen LogP contribution in [0.3, 0.4) is 0 Å². The molecule has 2 aromatic rings. The lowest BCUT2D eigenvalue weighted by Crippen LogP contribution is -2.45. The van der Waals surface area contributed by atoms with Crippen LogP contribution in [0, 0.1) is 0 Å². The first-order chi connectivity index (χ1) is 11.4. The van der Waals surface area contributed by atoms with Gasteiger partial charge in [-0.2, -0.15) is 0 Å². The molecule has 1 fully saturated rings. The van der Waals surface area contributed by atoms with Gasteiger partial charge in [0.25, 0.3) is 0 Å². The largest absolute Gasteiger partial charge is 0.573 e. The van der Waals surface area contributed by atoms with Gasteiger partial charge in [0, 0.05) is 31.1 Å². The van der Waals surface area contributed by atoms with Gasteiger partial charge in [-0.15, -0.1) is 49.3 Å². The second-order valence-corrected chi connectivity index (χ2v) is 7.19. The number of piperazine rings is 1. The molecular weight excluding hydrogens is 432 g/mol. The van der Waals surface area contributed by atoms with Gasteiger partial charge in [-0.1, -0.05) is 23.7 Å². The van der Waals surface area contributed by atoms with Crippen molar-refractivity contribution >= 4 is 47.8 Å².